The molecule has 1 N–H and O–H groups in total. The maximum atomic E-state index is 13.0. The van der Waals surface area contributed by atoms with Crippen molar-refractivity contribution in [2.45, 2.75) is 25.3 Å². The van der Waals surface area contributed by atoms with E-state index < -0.39 is 17.9 Å². The molecule has 132 valence electrons. The number of piperidine rings is 1. The van der Waals surface area contributed by atoms with Crippen molar-refractivity contribution in [3.05, 3.63) is 53.6 Å². The minimum absolute atomic E-state index is 0.0616. The summed E-state index contributed by atoms with van der Waals surface area (Å²) in [6, 6.07) is 5.58. The molecule has 1 amide bonds. The van der Waals surface area contributed by atoms with Gasteiger partial charge in [-0.3, -0.25) is 14.3 Å². The molecule has 0 saturated carbocycles. The number of hydrogen-bond acceptors (Lipinski definition) is 3. The molecule has 2 atom stereocenters. The maximum absolute atomic E-state index is 13.0. The lowest BCUT2D eigenvalue weighted by molar-refractivity contribution is -0.152. The summed E-state index contributed by atoms with van der Waals surface area (Å²) < 4.78 is 14.6. The number of carboxylic acid groups (broad SMARTS) is 1. The van der Waals surface area contributed by atoms with Crippen molar-refractivity contribution in [2.24, 2.45) is 13.0 Å². The molecule has 6 nitrogen and oxygen atoms in total. The molecule has 0 unspecified atom stereocenters. The average molecular weight is 345 g/mol. The summed E-state index contributed by atoms with van der Waals surface area (Å²) in [5, 5.41) is 13.7. The van der Waals surface area contributed by atoms with Crippen molar-refractivity contribution in [2.75, 3.05) is 6.54 Å². The number of likely N-dealkylation sites (tertiary alicyclic amines) is 1. The second-order valence-corrected chi connectivity index (χ2v) is 6.34. The van der Waals surface area contributed by atoms with E-state index in [4.69, 9.17) is 0 Å². The van der Waals surface area contributed by atoms with Gasteiger partial charge in [0.25, 0.3) is 0 Å². The Morgan fingerprint density at radius 3 is 2.68 bits per heavy atom. The molecule has 2 heterocycles. The molecular formula is C18H20FN3O3. The molecule has 0 bridgehead atoms. The van der Waals surface area contributed by atoms with E-state index >= 15 is 0 Å². The number of aliphatic carboxylic acids is 1. The molecule has 0 aliphatic carbocycles. The molecule has 1 aliphatic rings. The van der Waals surface area contributed by atoms with E-state index in [1.807, 2.05) is 0 Å². The molecule has 25 heavy (non-hydrogen) atoms. The predicted octanol–water partition coefficient (Wildman–Crippen LogP) is 2.17. The van der Waals surface area contributed by atoms with Gasteiger partial charge in [-0.1, -0.05) is 12.1 Å². The zero-order valence-corrected chi connectivity index (χ0v) is 13.9. The van der Waals surface area contributed by atoms with Crippen LogP contribution < -0.4 is 0 Å². The van der Waals surface area contributed by atoms with Crippen LogP contribution in [0.4, 0.5) is 4.39 Å². The van der Waals surface area contributed by atoms with Crippen molar-refractivity contribution in [3.63, 3.8) is 0 Å². The minimum atomic E-state index is -0.909. The summed E-state index contributed by atoms with van der Waals surface area (Å²) in [7, 11) is 1.76. The second-order valence-electron chi connectivity index (χ2n) is 6.34. The third kappa shape index (κ3) is 3.70. The number of carbonyl (C=O) groups excluding carboxylic acids is 1. The molecule has 0 spiro atoms. The van der Waals surface area contributed by atoms with Gasteiger partial charge in [-0.25, -0.2) is 4.39 Å². The zero-order valence-electron chi connectivity index (χ0n) is 13.9. The first kappa shape index (κ1) is 17.1. The highest BCUT2D eigenvalue weighted by atomic mass is 19.1. The normalized spacial score (nSPS) is 20.7. The summed E-state index contributed by atoms with van der Waals surface area (Å²) >= 11 is 0. The fraction of sp³-hybridized carbons (Fsp3) is 0.389. The first-order chi connectivity index (χ1) is 12.0. The number of aromatic nitrogens is 2. The fourth-order valence-corrected chi connectivity index (χ4v) is 3.38. The van der Waals surface area contributed by atoms with Gasteiger partial charge in [0.2, 0.25) is 5.91 Å². The molecule has 1 aliphatic heterocycles. The van der Waals surface area contributed by atoms with E-state index in [0.717, 1.165) is 11.1 Å². The van der Waals surface area contributed by atoms with Crippen LogP contribution in [0.1, 0.15) is 30.0 Å². The van der Waals surface area contributed by atoms with Gasteiger partial charge >= 0.3 is 5.97 Å². The Morgan fingerprint density at radius 2 is 2.08 bits per heavy atom. The highest BCUT2D eigenvalue weighted by Gasteiger charge is 2.41. The summed E-state index contributed by atoms with van der Waals surface area (Å²) in [4.78, 5) is 25.8. The van der Waals surface area contributed by atoms with Gasteiger partial charge < -0.3 is 10.0 Å². The van der Waals surface area contributed by atoms with Gasteiger partial charge in [-0.15, -0.1) is 0 Å². The number of rotatable bonds is 5. The van der Waals surface area contributed by atoms with Crippen LogP contribution in [-0.2, 0) is 23.1 Å². The molecule has 0 radical (unpaired) electrons. The van der Waals surface area contributed by atoms with E-state index in [9.17, 15) is 19.1 Å². The molecule has 1 saturated heterocycles. The number of benzene rings is 1. The van der Waals surface area contributed by atoms with E-state index in [-0.39, 0.29) is 18.1 Å². The third-order valence-electron chi connectivity index (χ3n) is 4.64. The van der Waals surface area contributed by atoms with Gasteiger partial charge in [0.1, 0.15) is 5.82 Å². The zero-order chi connectivity index (χ0) is 18.0. The average Bonchev–Trinajstić information content (AvgIpc) is 3.00. The Hall–Kier alpha value is -2.70. The lowest BCUT2D eigenvalue weighted by Crippen LogP contribution is -2.46. The van der Waals surface area contributed by atoms with Gasteiger partial charge in [0.15, 0.2) is 0 Å². The molecule has 1 aromatic carbocycles. The predicted molar refractivity (Wildman–Crippen MR) is 88.1 cm³/mol. The fourth-order valence-electron chi connectivity index (χ4n) is 3.38. The van der Waals surface area contributed by atoms with Crippen LogP contribution in [0.15, 0.2) is 36.7 Å². The van der Waals surface area contributed by atoms with Crippen LogP contribution in [0.5, 0.6) is 0 Å². The number of aryl methyl sites for hydroxylation is 1. The molecule has 2 aromatic rings. The van der Waals surface area contributed by atoms with E-state index in [2.05, 4.69) is 5.10 Å². The smallest absolute Gasteiger partial charge is 0.308 e. The number of amides is 1. The Bertz CT molecular complexity index is 772. The van der Waals surface area contributed by atoms with Crippen LogP contribution in [0, 0.1) is 11.7 Å². The van der Waals surface area contributed by atoms with Crippen LogP contribution in [0.2, 0.25) is 0 Å². The van der Waals surface area contributed by atoms with Crippen molar-refractivity contribution < 1.29 is 19.1 Å². The number of hydrogen-bond donors (Lipinski definition) is 1. The minimum Gasteiger partial charge on any atom is -0.481 e. The molecule has 1 aromatic heterocycles. The number of nitrogens with zero attached hydrogens (tertiary/aromatic N) is 3. The molecular weight excluding hydrogens is 325 g/mol. The quantitative estimate of drug-likeness (QED) is 0.901. The van der Waals surface area contributed by atoms with E-state index in [1.54, 1.807) is 41.2 Å². The van der Waals surface area contributed by atoms with Gasteiger partial charge in [0, 0.05) is 31.8 Å². The molecule has 3 rings (SSSR count). The summed E-state index contributed by atoms with van der Waals surface area (Å²) in [5.41, 5.74) is 1.62. The number of halogens is 1. The van der Waals surface area contributed by atoms with Crippen molar-refractivity contribution in [1.82, 2.24) is 14.7 Å². The molecule has 7 heteroatoms. The Kier molecular flexibility index (Phi) is 4.83. The Labute approximate surface area is 144 Å². The van der Waals surface area contributed by atoms with Gasteiger partial charge in [-0.05, 0) is 30.5 Å². The SMILES string of the molecule is Cn1cc([C@@H]2[C@@H](C(=O)O)CCC(=O)N2CCc2ccc(F)cc2)cn1. The number of carbonyl (C=O) groups is 2. The van der Waals surface area contributed by atoms with Crippen LogP contribution >= 0.6 is 0 Å². The Morgan fingerprint density at radius 1 is 1.36 bits per heavy atom. The highest BCUT2D eigenvalue weighted by molar-refractivity contribution is 5.81. The molecule has 1 fully saturated rings. The van der Waals surface area contributed by atoms with E-state index in [0.29, 0.717) is 19.4 Å². The standard InChI is InChI=1S/C18H20FN3O3/c1-21-11-13(10-20-21)17-15(18(24)25)6-7-16(23)22(17)9-8-12-2-4-14(19)5-3-12/h2-5,10-11,15,17H,6-9H2,1H3,(H,24,25)/t15-,17+/m0/s1. The maximum Gasteiger partial charge on any atom is 0.308 e. The summed E-state index contributed by atoms with van der Waals surface area (Å²) in [6.45, 7) is 0.383. The highest BCUT2D eigenvalue weighted by Crippen LogP contribution is 2.36. The number of carboxylic acids is 1. The first-order valence-corrected chi connectivity index (χ1v) is 8.21. The monoisotopic (exact) mass is 345 g/mol. The van der Waals surface area contributed by atoms with Crippen molar-refractivity contribution in [1.29, 1.82) is 0 Å². The topological polar surface area (TPSA) is 75.4 Å². The van der Waals surface area contributed by atoms with E-state index in [1.165, 1.54) is 12.1 Å². The van der Waals surface area contributed by atoms with Crippen molar-refractivity contribution >= 4 is 11.9 Å². The third-order valence-corrected chi connectivity index (χ3v) is 4.64. The lowest BCUT2D eigenvalue weighted by atomic mass is 9.85. The first-order valence-electron chi connectivity index (χ1n) is 8.21. The lowest BCUT2D eigenvalue weighted by Gasteiger charge is -2.39. The summed E-state index contributed by atoms with van der Waals surface area (Å²) in [5.74, 6) is -1.94. The largest absolute Gasteiger partial charge is 0.481 e. The van der Waals surface area contributed by atoms with Gasteiger partial charge in [0.05, 0.1) is 18.2 Å². The Balaban J connectivity index is 1.85. The van der Waals surface area contributed by atoms with Gasteiger partial charge in [-0.2, -0.15) is 5.10 Å². The second kappa shape index (κ2) is 7.04. The van der Waals surface area contributed by atoms with Crippen molar-refractivity contribution in [3.8, 4) is 0 Å². The van der Waals surface area contributed by atoms with Crippen LogP contribution in [-0.4, -0.2) is 38.2 Å². The van der Waals surface area contributed by atoms with Crippen LogP contribution in [0.25, 0.3) is 0 Å². The van der Waals surface area contributed by atoms with Crippen LogP contribution in [0.3, 0.4) is 0 Å². The summed E-state index contributed by atoms with van der Waals surface area (Å²) in [6.07, 6.45) is 4.45.